The van der Waals surface area contributed by atoms with Crippen molar-refractivity contribution in [3.8, 4) is 0 Å². The van der Waals surface area contributed by atoms with Gasteiger partial charge in [-0.2, -0.15) is 8.78 Å². The van der Waals surface area contributed by atoms with E-state index in [0.29, 0.717) is 19.0 Å². The van der Waals surface area contributed by atoms with E-state index in [0.717, 1.165) is 0 Å². The van der Waals surface area contributed by atoms with Crippen molar-refractivity contribution in [2.45, 2.75) is 24.5 Å². The fraction of sp³-hybridized carbons (Fsp3) is 0.538. The Morgan fingerprint density at radius 3 is 2.35 bits per heavy atom. The molecule has 0 heterocycles. The van der Waals surface area contributed by atoms with Gasteiger partial charge in [-0.3, -0.25) is 0 Å². The van der Waals surface area contributed by atoms with E-state index in [1.807, 2.05) is 13.8 Å². The number of benzene rings is 1. The molecule has 0 bridgehead atoms. The average Bonchev–Trinajstić information content (AvgIpc) is 2.39. The smallest absolute Gasteiger partial charge is 0.341 e. The third-order valence-corrected chi connectivity index (χ3v) is 4.67. The number of rotatable bonds is 7. The Kier molecular flexibility index (Phi) is 5.88. The van der Waals surface area contributed by atoms with Gasteiger partial charge in [0.25, 0.3) is 0 Å². The molecule has 3 N–H and O–H groups in total. The Bertz CT molecular complexity index is 533. The first-order chi connectivity index (χ1) is 9.30. The highest BCUT2D eigenvalue weighted by Gasteiger charge is 2.29. The molecule has 1 atom stereocenters. The lowest BCUT2D eigenvalue weighted by molar-refractivity contribution is 0.235. The number of para-hydroxylation sites is 1. The maximum atomic E-state index is 12.6. The standard InChI is InChI=1S/C13H20F2N2O2S/c1-9(2)10(7-16)8-17-11-5-3-4-6-12(11)20(18,19)13(14)15/h3-6,9-10,13,17H,7-8,16H2,1-2H3. The zero-order valence-corrected chi connectivity index (χ0v) is 12.3. The number of hydrogen-bond acceptors (Lipinski definition) is 4. The lowest BCUT2D eigenvalue weighted by Gasteiger charge is -2.21. The highest BCUT2D eigenvalue weighted by atomic mass is 32.2. The zero-order valence-electron chi connectivity index (χ0n) is 11.5. The topological polar surface area (TPSA) is 72.2 Å². The first-order valence-corrected chi connectivity index (χ1v) is 7.90. The third kappa shape index (κ3) is 3.89. The Balaban J connectivity index is 2.98. The second kappa shape index (κ2) is 6.99. The molecule has 1 aromatic rings. The molecule has 20 heavy (non-hydrogen) atoms. The summed E-state index contributed by atoms with van der Waals surface area (Å²) in [5.74, 6) is -2.98. The number of hydrogen-bond donors (Lipinski definition) is 2. The molecule has 114 valence electrons. The highest BCUT2D eigenvalue weighted by Crippen LogP contribution is 2.26. The molecular formula is C13H20F2N2O2S. The first-order valence-electron chi connectivity index (χ1n) is 6.35. The predicted octanol–water partition coefficient (Wildman–Crippen LogP) is 2.33. The van der Waals surface area contributed by atoms with Crippen molar-refractivity contribution in [2.75, 3.05) is 18.4 Å². The van der Waals surface area contributed by atoms with Gasteiger partial charge in [0.15, 0.2) is 0 Å². The molecule has 0 aliphatic rings. The van der Waals surface area contributed by atoms with Crippen LogP contribution in [0, 0.1) is 11.8 Å². The third-order valence-electron chi connectivity index (χ3n) is 3.23. The summed E-state index contributed by atoms with van der Waals surface area (Å²) in [5, 5.41) is 2.91. The molecule has 0 radical (unpaired) electrons. The van der Waals surface area contributed by atoms with Crippen LogP contribution in [0.1, 0.15) is 13.8 Å². The molecule has 1 unspecified atom stereocenters. The van der Waals surface area contributed by atoms with E-state index < -0.39 is 15.6 Å². The van der Waals surface area contributed by atoms with E-state index in [1.165, 1.54) is 18.2 Å². The van der Waals surface area contributed by atoms with E-state index >= 15 is 0 Å². The molecule has 0 aliphatic heterocycles. The fourth-order valence-corrected chi connectivity index (χ4v) is 2.70. The molecule has 0 saturated heterocycles. The van der Waals surface area contributed by atoms with Gasteiger partial charge < -0.3 is 11.1 Å². The van der Waals surface area contributed by atoms with Gasteiger partial charge in [-0.15, -0.1) is 0 Å². The largest absolute Gasteiger partial charge is 0.384 e. The van der Waals surface area contributed by atoms with Crippen LogP contribution in [0.4, 0.5) is 14.5 Å². The number of halogens is 2. The first kappa shape index (κ1) is 16.8. The van der Waals surface area contributed by atoms with Crippen LogP contribution in [-0.2, 0) is 9.84 Å². The van der Waals surface area contributed by atoms with E-state index in [9.17, 15) is 17.2 Å². The van der Waals surface area contributed by atoms with Gasteiger partial charge in [0.1, 0.15) is 0 Å². The molecule has 1 rings (SSSR count). The summed E-state index contributed by atoms with van der Waals surface area (Å²) in [7, 11) is -4.61. The highest BCUT2D eigenvalue weighted by molar-refractivity contribution is 7.91. The number of alkyl halides is 2. The van der Waals surface area contributed by atoms with Crippen molar-refractivity contribution in [1.29, 1.82) is 0 Å². The van der Waals surface area contributed by atoms with Gasteiger partial charge in [0.05, 0.1) is 10.6 Å². The summed E-state index contributed by atoms with van der Waals surface area (Å²) < 4.78 is 48.4. The molecule has 4 nitrogen and oxygen atoms in total. The quantitative estimate of drug-likeness (QED) is 0.811. The lowest BCUT2D eigenvalue weighted by atomic mass is 9.96. The van der Waals surface area contributed by atoms with Gasteiger partial charge in [-0.1, -0.05) is 26.0 Å². The maximum Gasteiger partial charge on any atom is 0.341 e. The summed E-state index contributed by atoms with van der Waals surface area (Å²) in [5.41, 5.74) is 5.82. The van der Waals surface area contributed by atoms with E-state index in [1.54, 1.807) is 6.07 Å². The van der Waals surface area contributed by atoms with Crippen molar-refractivity contribution in [2.24, 2.45) is 17.6 Å². The second-order valence-corrected chi connectivity index (χ2v) is 6.81. The summed E-state index contributed by atoms with van der Waals surface area (Å²) in [6, 6.07) is 5.67. The molecule has 0 fully saturated rings. The minimum atomic E-state index is -4.61. The normalized spacial score (nSPS) is 13.8. The number of nitrogens with one attached hydrogen (secondary N) is 1. The van der Waals surface area contributed by atoms with Crippen LogP contribution in [0.25, 0.3) is 0 Å². The molecule has 0 spiro atoms. The molecule has 0 aromatic heterocycles. The monoisotopic (exact) mass is 306 g/mol. The van der Waals surface area contributed by atoms with Crippen molar-refractivity contribution in [3.63, 3.8) is 0 Å². The molecule has 0 aliphatic carbocycles. The Labute approximate surface area is 118 Å². The van der Waals surface area contributed by atoms with E-state index in [2.05, 4.69) is 5.32 Å². The van der Waals surface area contributed by atoms with Gasteiger partial charge in [0.2, 0.25) is 9.84 Å². The van der Waals surface area contributed by atoms with Crippen molar-refractivity contribution >= 4 is 15.5 Å². The predicted molar refractivity (Wildman–Crippen MR) is 75.5 cm³/mol. The summed E-state index contributed by atoms with van der Waals surface area (Å²) in [6.07, 6.45) is 0. The number of nitrogens with two attached hydrogens (primary N) is 1. The van der Waals surface area contributed by atoms with Crippen molar-refractivity contribution < 1.29 is 17.2 Å². The van der Waals surface area contributed by atoms with Gasteiger partial charge >= 0.3 is 5.76 Å². The minimum absolute atomic E-state index is 0.136. The Hall–Kier alpha value is -1.21. The van der Waals surface area contributed by atoms with Crippen LogP contribution in [0.2, 0.25) is 0 Å². The van der Waals surface area contributed by atoms with E-state index in [4.69, 9.17) is 5.73 Å². The molecular weight excluding hydrogens is 286 g/mol. The van der Waals surface area contributed by atoms with Crippen LogP contribution < -0.4 is 11.1 Å². The van der Waals surface area contributed by atoms with Crippen LogP contribution in [0.15, 0.2) is 29.2 Å². The number of anilines is 1. The molecule has 1 aromatic carbocycles. The second-order valence-electron chi connectivity index (χ2n) is 4.92. The van der Waals surface area contributed by atoms with Crippen LogP contribution in [-0.4, -0.2) is 27.3 Å². The van der Waals surface area contributed by atoms with Crippen LogP contribution in [0.5, 0.6) is 0 Å². The summed E-state index contributed by atoms with van der Waals surface area (Å²) in [4.78, 5) is -0.380. The Morgan fingerprint density at radius 1 is 1.25 bits per heavy atom. The molecule has 7 heteroatoms. The van der Waals surface area contributed by atoms with Crippen molar-refractivity contribution in [1.82, 2.24) is 0 Å². The van der Waals surface area contributed by atoms with Crippen LogP contribution in [0.3, 0.4) is 0 Å². The van der Waals surface area contributed by atoms with Gasteiger partial charge in [-0.05, 0) is 30.5 Å². The lowest BCUT2D eigenvalue weighted by Crippen LogP contribution is -2.27. The zero-order chi connectivity index (χ0) is 15.3. The number of sulfone groups is 1. The fourth-order valence-electron chi connectivity index (χ4n) is 1.79. The van der Waals surface area contributed by atoms with E-state index in [-0.39, 0.29) is 16.5 Å². The van der Waals surface area contributed by atoms with Gasteiger partial charge in [-0.25, -0.2) is 8.42 Å². The summed E-state index contributed by atoms with van der Waals surface area (Å²) in [6.45, 7) is 4.88. The minimum Gasteiger partial charge on any atom is -0.384 e. The maximum absolute atomic E-state index is 12.6. The molecule has 0 amide bonds. The summed E-state index contributed by atoms with van der Waals surface area (Å²) >= 11 is 0. The van der Waals surface area contributed by atoms with Gasteiger partial charge in [0, 0.05) is 6.54 Å². The molecule has 0 saturated carbocycles. The van der Waals surface area contributed by atoms with Crippen molar-refractivity contribution in [3.05, 3.63) is 24.3 Å². The SMILES string of the molecule is CC(C)C(CN)CNc1ccccc1S(=O)(=O)C(F)F. The Morgan fingerprint density at radius 2 is 1.85 bits per heavy atom. The van der Waals surface area contributed by atoms with Crippen LogP contribution >= 0.6 is 0 Å². The average molecular weight is 306 g/mol.